The van der Waals surface area contributed by atoms with Crippen molar-refractivity contribution in [3.8, 4) is 5.75 Å². The number of fused-ring (bicyclic) bond motifs is 1. The molecule has 6 rings (SSSR count). The van der Waals surface area contributed by atoms with Crippen molar-refractivity contribution >= 4 is 23.4 Å². The lowest BCUT2D eigenvalue weighted by Crippen LogP contribution is -2.41. The van der Waals surface area contributed by atoms with Gasteiger partial charge in [0.2, 0.25) is 0 Å². The molecule has 164 valence electrons. The standard InChI is InChI=1S/C23H29N5O2S/c1-16-12-22(15-30-16)5-9-28(10-6-22)18-13-26-19(14-25-18)31-17-2-8-24-21-20(17)29-11-7-23(27-21)3-4-23/h2,8,13-14,16H,3-7,9-12,15H2,1H3,(H,24,27)/t16-/m0/s1. The van der Waals surface area contributed by atoms with E-state index in [9.17, 15) is 0 Å². The fraction of sp³-hybridized carbons (Fsp3) is 0.609. The lowest BCUT2D eigenvalue weighted by Gasteiger charge is -2.38. The molecule has 1 aliphatic carbocycles. The van der Waals surface area contributed by atoms with E-state index in [0.29, 0.717) is 11.5 Å². The maximum absolute atomic E-state index is 6.09. The van der Waals surface area contributed by atoms with Crippen LogP contribution < -0.4 is 15.0 Å². The van der Waals surface area contributed by atoms with Gasteiger partial charge in [0.25, 0.3) is 0 Å². The zero-order valence-corrected chi connectivity index (χ0v) is 18.8. The van der Waals surface area contributed by atoms with Crippen molar-refractivity contribution < 1.29 is 9.47 Å². The molecule has 2 spiro atoms. The van der Waals surface area contributed by atoms with Crippen LogP contribution in [0.1, 0.15) is 45.4 Å². The van der Waals surface area contributed by atoms with Gasteiger partial charge in [0.15, 0.2) is 11.6 Å². The molecule has 3 aliphatic heterocycles. The van der Waals surface area contributed by atoms with Crippen molar-refractivity contribution in [3.63, 3.8) is 0 Å². The highest BCUT2D eigenvalue weighted by molar-refractivity contribution is 7.99. The second-order valence-corrected chi connectivity index (χ2v) is 10.7. The Kier molecular flexibility index (Phi) is 4.76. The monoisotopic (exact) mass is 439 g/mol. The first-order valence-electron chi connectivity index (χ1n) is 11.4. The lowest BCUT2D eigenvalue weighted by atomic mass is 9.77. The fourth-order valence-corrected chi connectivity index (χ4v) is 5.98. The zero-order valence-electron chi connectivity index (χ0n) is 18.0. The molecule has 2 aromatic heterocycles. The Morgan fingerprint density at radius 1 is 1.10 bits per heavy atom. The molecule has 0 unspecified atom stereocenters. The first kappa shape index (κ1) is 19.6. The number of hydrogen-bond donors (Lipinski definition) is 1. The van der Waals surface area contributed by atoms with Crippen molar-refractivity contribution in [1.29, 1.82) is 0 Å². The molecule has 0 amide bonds. The Bertz CT molecular complexity index is 957. The Morgan fingerprint density at radius 2 is 1.97 bits per heavy atom. The average Bonchev–Trinajstić information content (AvgIpc) is 3.50. The summed E-state index contributed by atoms with van der Waals surface area (Å²) in [5, 5.41) is 4.48. The van der Waals surface area contributed by atoms with E-state index in [1.54, 1.807) is 11.8 Å². The predicted octanol–water partition coefficient (Wildman–Crippen LogP) is 4.15. The predicted molar refractivity (Wildman–Crippen MR) is 120 cm³/mol. The van der Waals surface area contributed by atoms with Crippen molar-refractivity contribution in [3.05, 3.63) is 24.7 Å². The van der Waals surface area contributed by atoms with Gasteiger partial charge in [-0.05, 0) is 50.5 Å². The number of piperidine rings is 1. The first-order chi connectivity index (χ1) is 15.1. The molecular weight excluding hydrogens is 410 g/mol. The van der Waals surface area contributed by atoms with Gasteiger partial charge < -0.3 is 19.7 Å². The molecular formula is C23H29N5O2S. The molecule has 1 N–H and O–H groups in total. The highest BCUT2D eigenvalue weighted by atomic mass is 32.2. The molecule has 1 saturated carbocycles. The third-order valence-electron chi connectivity index (χ3n) is 7.30. The number of aromatic nitrogens is 3. The molecule has 4 aliphatic rings. The molecule has 5 heterocycles. The summed E-state index contributed by atoms with van der Waals surface area (Å²) >= 11 is 1.59. The highest BCUT2D eigenvalue weighted by Gasteiger charge is 2.45. The average molecular weight is 440 g/mol. The number of ether oxygens (including phenoxy) is 2. The van der Waals surface area contributed by atoms with Crippen molar-refractivity contribution in [2.75, 3.05) is 36.5 Å². The molecule has 2 aromatic rings. The van der Waals surface area contributed by atoms with Crippen molar-refractivity contribution in [1.82, 2.24) is 15.0 Å². The van der Waals surface area contributed by atoms with Crippen LogP contribution in [0.15, 0.2) is 34.6 Å². The topological polar surface area (TPSA) is 72.4 Å². The summed E-state index contributed by atoms with van der Waals surface area (Å²) in [5.41, 5.74) is 0.587. The summed E-state index contributed by atoms with van der Waals surface area (Å²) in [6, 6.07) is 2.00. The van der Waals surface area contributed by atoms with Crippen LogP contribution in [0, 0.1) is 5.41 Å². The first-order valence-corrected chi connectivity index (χ1v) is 12.2. The lowest BCUT2D eigenvalue weighted by molar-refractivity contribution is 0.0976. The van der Waals surface area contributed by atoms with E-state index < -0.39 is 0 Å². The van der Waals surface area contributed by atoms with E-state index >= 15 is 0 Å². The minimum atomic E-state index is 0.207. The van der Waals surface area contributed by atoms with Crippen LogP contribution in [-0.2, 0) is 4.74 Å². The van der Waals surface area contributed by atoms with Gasteiger partial charge in [0, 0.05) is 31.2 Å². The molecule has 0 bridgehead atoms. The van der Waals surface area contributed by atoms with Crippen LogP contribution in [0.2, 0.25) is 0 Å². The van der Waals surface area contributed by atoms with E-state index in [4.69, 9.17) is 19.4 Å². The number of pyridine rings is 1. The number of anilines is 2. The maximum Gasteiger partial charge on any atom is 0.175 e. The molecule has 0 aromatic carbocycles. The summed E-state index contributed by atoms with van der Waals surface area (Å²) < 4.78 is 11.9. The summed E-state index contributed by atoms with van der Waals surface area (Å²) in [6.45, 7) is 5.88. The molecule has 31 heavy (non-hydrogen) atoms. The SMILES string of the molecule is C[C@H]1CC2(CCN(c3cnc(Sc4ccnc5c4OCCC4(CC4)N5)cn3)CC2)CO1. The molecule has 8 heteroatoms. The highest BCUT2D eigenvalue weighted by Crippen LogP contribution is 2.48. The van der Waals surface area contributed by atoms with Gasteiger partial charge in [-0.25, -0.2) is 15.0 Å². The van der Waals surface area contributed by atoms with Crippen LogP contribution in [-0.4, -0.2) is 52.9 Å². The maximum atomic E-state index is 6.09. The Morgan fingerprint density at radius 3 is 2.68 bits per heavy atom. The van der Waals surface area contributed by atoms with Crippen LogP contribution in [0.25, 0.3) is 0 Å². The third kappa shape index (κ3) is 3.84. The Balaban J connectivity index is 1.13. The summed E-state index contributed by atoms with van der Waals surface area (Å²) in [5.74, 6) is 2.67. The fourth-order valence-electron chi connectivity index (χ4n) is 5.17. The van der Waals surface area contributed by atoms with Crippen molar-refractivity contribution in [2.24, 2.45) is 5.41 Å². The van der Waals surface area contributed by atoms with Crippen molar-refractivity contribution in [2.45, 2.75) is 67.0 Å². The smallest absolute Gasteiger partial charge is 0.175 e. The van der Waals surface area contributed by atoms with E-state index in [0.717, 1.165) is 60.0 Å². The van der Waals surface area contributed by atoms with Crippen LogP contribution in [0.4, 0.5) is 11.6 Å². The van der Waals surface area contributed by atoms with Gasteiger partial charge in [0.05, 0.1) is 36.6 Å². The summed E-state index contributed by atoms with van der Waals surface area (Å²) in [7, 11) is 0. The Hall–Kier alpha value is -2.06. The Labute approximate surface area is 187 Å². The second kappa shape index (κ2) is 7.52. The van der Waals surface area contributed by atoms with Crippen LogP contribution >= 0.6 is 11.8 Å². The molecule has 1 atom stereocenters. The van der Waals surface area contributed by atoms with Crippen LogP contribution in [0.5, 0.6) is 5.75 Å². The minimum absolute atomic E-state index is 0.207. The van der Waals surface area contributed by atoms with Gasteiger partial charge >= 0.3 is 0 Å². The minimum Gasteiger partial charge on any atom is -0.488 e. The van der Waals surface area contributed by atoms with Gasteiger partial charge in [0.1, 0.15) is 10.8 Å². The number of nitrogens with zero attached hydrogens (tertiary/aromatic N) is 4. The molecule has 7 nitrogen and oxygen atoms in total. The summed E-state index contributed by atoms with van der Waals surface area (Å²) in [6.07, 6.45) is 13.0. The van der Waals surface area contributed by atoms with Gasteiger partial charge in [-0.1, -0.05) is 11.8 Å². The number of rotatable bonds is 3. The molecule has 2 saturated heterocycles. The molecule has 3 fully saturated rings. The van der Waals surface area contributed by atoms with E-state index in [-0.39, 0.29) is 5.54 Å². The van der Waals surface area contributed by atoms with E-state index in [2.05, 4.69) is 22.1 Å². The summed E-state index contributed by atoms with van der Waals surface area (Å²) in [4.78, 5) is 17.4. The van der Waals surface area contributed by atoms with Gasteiger partial charge in [-0.2, -0.15) is 0 Å². The van der Waals surface area contributed by atoms with E-state index in [1.165, 1.54) is 32.1 Å². The van der Waals surface area contributed by atoms with Crippen LogP contribution in [0.3, 0.4) is 0 Å². The molecule has 0 radical (unpaired) electrons. The van der Waals surface area contributed by atoms with Gasteiger partial charge in [-0.3, -0.25) is 0 Å². The number of hydrogen-bond acceptors (Lipinski definition) is 8. The third-order valence-corrected chi connectivity index (χ3v) is 8.27. The largest absolute Gasteiger partial charge is 0.488 e. The second-order valence-electron chi connectivity index (χ2n) is 9.62. The van der Waals surface area contributed by atoms with E-state index in [1.807, 2.05) is 24.7 Å². The quantitative estimate of drug-likeness (QED) is 0.765. The normalized spacial score (nSPS) is 25.6. The number of nitrogens with one attached hydrogen (secondary N) is 1. The van der Waals surface area contributed by atoms with Gasteiger partial charge in [-0.15, -0.1) is 0 Å². The zero-order chi connectivity index (χ0) is 20.9.